The first-order valence-corrected chi connectivity index (χ1v) is 4.27. The maximum Gasteiger partial charge on any atom is 0.0217 e. The van der Waals surface area contributed by atoms with Crippen LogP contribution in [0.3, 0.4) is 0 Å². The largest absolute Gasteiger partial charge is 0.315 e. The van der Waals surface area contributed by atoms with E-state index in [0.29, 0.717) is 0 Å². The zero-order chi connectivity index (χ0) is 6.97. The normalized spacial score (nSPS) is 41.7. The third-order valence-electron chi connectivity index (χ3n) is 2.89. The first-order valence-electron chi connectivity index (χ1n) is 4.27. The Morgan fingerprint density at radius 2 is 2.20 bits per heavy atom. The molecule has 3 heterocycles. The summed E-state index contributed by atoms with van der Waals surface area (Å²) in [6.45, 7) is 3.78. The second kappa shape index (κ2) is 2.51. The monoisotopic (exact) mass is 140 g/mol. The number of rotatable bonds is 0. The van der Waals surface area contributed by atoms with E-state index in [1.165, 1.54) is 32.5 Å². The van der Waals surface area contributed by atoms with Crippen LogP contribution in [0.5, 0.6) is 0 Å². The van der Waals surface area contributed by atoms with Gasteiger partial charge in [0.1, 0.15) is 0 Å². The zero-order valence-corrected chi connectivity index (χ0v) is 6.64. The molecule has 0 amide bonds. The van der Waals surface area contributed by atoms with Crippen molar-refractivity contribution in [3.8, 4) is 0 Å². The Balaban J connectivity index is 2.07. The van der Waals surface area contributed by atoms with Gasteiger partial charge in [-0.25, -0.2) is 0 Å². The van der Waals surface area contributed by atoms with Crippen molar-refractivity contribution in [2.45, 2.75) is 18.9 Å². The Hall–Kier alpha value is -0.0800. The van der Waals surface area contributed by atoms with Crippen LogP contribution in [0.15, 0.2) is 0 Å². The van der Waals surface area contributed by atoms with Gasteiger partial charge in [-0.1, -0.05) is 0 Å². The molecule has 0 aromatic carbocycles. The van der Waals surface area contributed by atoms with E-state index >= 15 is 0 Å². The van der Waals surface area contributed by atoms with Crippen LogP contribution in [-0.4, -0.2) is 37.6 Å². The number of hydrogen-bond donors (Lipinski definition) is 1. The lowest BCUT2D eigenvalue weighted by Crippen LogP contribution is -2.40. The van der Waals surface area contributed by atoms with Gasteiger partial charge in [-0.15, -0.1) is 0 Å². The van der Waals surface area contributed by atoms with Crippen LogP contribution in [0.1, 0.15) is 12.8 Å². The molecular weight excluding hydrogens is 124 g/mol. The summed E-state index contributed by atoms with van der Waals surface area (Å²) in [5, 5.41) is 3.50. The molecule has 3 rings (SSSR count). The van der Waals surface area contributed by atoms with Crippen molar-refractivity contribution in [1.82, 2.24) is 10.2 Å². The van der Waals surface area contributed by atoms with Gasteiger partial charge in [-0.3, -0.25) is 0 Å². The summed E-state index contributed by atoms with van der Waals surface area (Å²) in [5.74, 6) is 0.934. The minimum absolute atomic E-state index is 0.832. The van der Waals surface area contributed by atoms with Gasteiger partial charge in [0, 0.05) is 19.1 Å². The highest BCUT2D eigenvalue weighted by molar-refractivity contribution is 4.85. The summed E-state index contributed by atoms with van der Waals surface area (Å²) in [6.07, 6.45) is 2.86. The van der Waals surface area contributed by atoms with Gasteiger partial charge < -0.3 is 10.2 Å². The van der Waals surface area contributed by atoms with Crippen molar-refractivity contribution in [3.05, 3.63) is 0 Å². The molecule has 2 atom stereocenters. The van der Waals surface area contributed by atoms with Crippen LogP contribution in [0, 0.1) is 5.92 Å². The fourth-order valence-electron chi connectivity index (χ4n) is 2.17. The highest BCUT2D eigenvalue weighted by Gasteiger charge is 2.28. The van der Waals surface area contributed by atoms with Gasteiger partial charge in [-0.05, 0) is 32.4 Å². The van der Waals surface area contributed by atoms with Gasteiger partial charge in [0.05, 0.1) is 0 Å². The summed E-state index contributed by atoms with van der Waals surface area (Å²) in [5.41, 5.74) is 0. The Morgan fingerprint density at radius 1 is 1.30 bits per heavy atom. The molecule has 0 aromatic rings. The second-order valence-electron chi connectivity index (χ2n) is 3.70. The van der Waals surface area contributed by atoms with Crippen LogP contribution in [0.2, 0.25) is 0 Å². The molecule has 3 aliphatic rings. The van der Waals surface area contributed by atoms with Crippen molar-refractivity contribution in [2.24, 2.45) is 5.92 Å². The first kappa shape index (κ1) is 6.62. The molecule has 0 aromatic heterocycles. The first-order chi connectivity index (χ1) is 4.86. The molecule has 3 saturated heterocycles. The van der Waals surface area contributed by atoms with Crippen LogP contribution < -0.4 is 5.32 Å². The van der Waals surface area contributed by atoms with E-state index in [1.54, 1.807) is 0 Å². The SMILES string of the molecule is CN1CC2CCC1CNC2. The second-order valence-corrected chi connectivity index (χ2v) is 3.70. The van der Waals surface area contributed by atoms with E-state index in [-0.39, 0.29) is 0 Å². The number of nitrogens with zero attached hydrogens (tertiary/aromatic N) is 1. The van der Waals surface area contributed by atoms with Gasteiger partial charge in [0.25, 0.3) is 0 Å². The van der Waals surface area contributed by atoms with Crippen LogP contribution in [-0.2, 0) is 0 Å². The maximum absolute atomic E-state index is 3.50. The third-order valence-corrected chi connectivity index (χ3v) is 2.89. The van der Waals surface area contributed by atoms with E-state index in [2.05, 4.69) is 17.3 Å². The van der Waals surface area contributed by atoms with Crippen molar-refractivity contribution >= 4 is 0 Å². The van der Waals surface area contributed by atoms with Crippen LogP contribution in [0.25, 0.3) is 0 Å². The molecule has 0 aliphatic carbocycles. The molecule has 1 N–H and O–H groups in total. The minimum atomic E-state index is 0.832. The van der Waals surface area contributed by atoms with E-state index in [9.17, 15) is 0 Å². The number of hydrogen-bond acceptors (Lipinski definition) is 2. The average Bonchev–Trinajstić information content (AvgIpc) is 2.20. The lowest BCUT2D eigenvalue weighted by Gasteiger charge is -2.32. The molecule has 0 radical (unpaired) electrons. The molecular formula is C8H16N2. The van der Waals surface area contributed by atoms with Crippen molar-refractivity contribution in [2.75, 3.05) is 26.7 Å². The van der Waals surface area contributed by atoms with Crippen LogP contribution in [0.4, 0.5) is 0 Å². The Kier molecular flexibility index (Phi) is 1.66. The van der Waals surface area contributed by atoms with E-state index in [4.69, 9.17) is 0 Å². The minimum Gasteiger partial charge on any atom is -0.315 e. The third kappa shape index (κ3) is 1.06. The van der Waals surface area contributed by atoms with Gasteiger partial charge >= 0.3 is 0 Å². The number of nitrogens with one attached hydrogen (secondary N) is 1. The average molecular weight is 140 g/mol. The molecule has 3 aliphatic heterocycles. The molecule has 10 heavy (non-hydrogen) atoms. The van der Waals surface area contributed by atoms with Gasteiger partial charge in [0.15, 0.2) is 0 Å². The quantitative estimate of drug-likeness (QED) is 0.520. The molecule has 0 spiro atoms. The summed E-state index contributed by atoms with van der Waals surface area (Å²) < 4.78 is 0. The summed E-state index contributed by atoms with van der Waals surface area (Å²) in [4.78, 5) is 2.51. The topological polar surface area (TPSA) is 15.3 Å². The predicted molar refractivity (Wildman–Crippen MR) is 42.0 cm³/mol. The molecule has 0 saturated carbocycles. The van der Waals surface area contributed by atoms with Crippen molar-refractivity contribution < 1.29 is 0 Å². The molecule has 2 unspecified atom stereocenters. The smallest absolute Gasteiger partial charge is 0.0217 e. The van der Waals surface area contributed by atoms with Gasteiger partial charge in [-0.2, -0.15) is 0 Å². The Morgan fingerprint density at radius 3 is 3.00 bits per heavy atom. The Bertz CT molecular complexity index is 120. The lowest BCUT2D eigenvalue weighted by molar-refractivity contribution is 0.168. The molecule has 2 heteroatoms. The fraction of sp³-hybridized carbons (Fsp3) is 1.00. The van der Waals surface area contributed by atoms with E-state index in [1.807, 2.05) is 0 Å². The number of piperidine rings is 1. The molecule has 58 valence electrons. The fourth-order valence-corrected chi connectivity index (χ4v) is 2.17. The van der Waals surface area contributed by atoms with E-state index in [0.717, 1.165) is 12.0 Å². The molecule has 2 bridgehead atoms. The summed E-state index contributed by atoms with van der Waals surface area (Å²) >= 11 is 0. The zero-order valence-electron chi connectivity index (χ0n) is 6.64. The lowest BCUT2D eigenvalue weighted by atomic mass is 9.96. The highest BCUT2D eigenvalue weighted by Crippen LogP contribution is 2.22. The summed E-state index contributed by atoms with van der Waals surface area (Å²) in [6, 6.07) is 0.832. The summed E-state index contributed by atoms with van der Waals surface area (Å²) in [7, 11) is 2.25. The van der Waals surface area contributed by atoms with Crippen LogP contribution >= 0.6 is 0 Å². The molecule has 3 fully saturated rings. The standard InChI is InChI=1S/C8H16N2/c1-10-6-7-2-3-8(10)5-9-4-7/h7-9H,2-6H2,1H3. The number of likely N-dealkylation sites (N-methyl/N-ethyl adjacent to an activating group) is 1. The van der Waals surface area contributed by atoms with E-state index < -0.39 is 0 Å². The van der Waals surface area contributed by atoms with Crippen molar-refractivity contribution in [3.63, 3.8) is 0 Å². The number of fused-ring (bicyclic) bond motifs is 4. The predicted octanol–water partition coefficient (Wildman–Crippen LogP) is 0.300. The highest BCUT2D eigenvalue weighted by atomic mass is 15.2. The van der Waals surface area contributed by atoms with Crippen molar-refractivity contribution in [1.29, 1.82) is 0 Å². The Labute approximate surface area is 62.6 Å². The maximum atomic E-state index is 3.50. The van der Waals surface area contributed by atoms with Gasteiger partial charge in [0.2, 0.25) is 0 Å². The molecule has 2 nitrogen and oxygen atoms in total.